The monoisotopic (exact) mass is 289 g/mol. The lowest BCUT2D eigenvalue weighted by molar-refractivity contribution is -0.135. The topological polar surface area (TPSA) is 87.5 Å². The van der Waals surface area contributed by atoms with Crippen LogP contribution in [0.25, 0.3) is 0 Å². The highest BCUT2D eigenvalue weighted by Crippen LogP contribution is 2.21. The summed E-state index contributed by atoms with van der Waals surface area (Å²) in [6.07, 6.45) is 4.62. The minimum atomic E-state index is -1.52. The lowest BCUT2D eigenvalue weighted by Gasteiger charge is -2.01. The Morgan fingerprint density at radius 3 is 2.55 bits per heavy atom. The molecule has 2 aromatic heterocycles. The van der Waals surface area contributed by atoms with Crippen molar-refractivity contribution in [2.24, 2.45) is 0 Å². The normalized spacial score (nSPS) is 11.3. The van der Waals surface area contributed by atoms with Crippen LogP contribution in [0.3, 0.4) is 0 Å². The molecule has 2 rings (SSSR count). The molecule has 5 nitrogen and oxygen atoms in total. The second kappa shape index (κ2) is 6.12. The number of nitrogens with zero attached hydrogens (tertiary/aromatic N) is 1. The number of allylic oxidation sites excluding steroid dienone is 1. The van der Waals surface area contributed by atoms with E-state index < -0.39 is 17.5 Å². The first-order valence-electron chi connectivity index (χ1n) is 5.71. The number of pyridine rings is 1. The van der Waals surface area contributed by atoms with Gasteiger partial charge < -0.3 is 10.2 Å². The van der Waals surface area contributed by atoms with E-state index >= 15 is 0 Å². The van der Waals surface area contributed by atoms with Gasteiger partial charge in [0.1, 0.15) is 0 Å². The van der Waals surface area contributed by atoms with Crippen LogP contribution in [-0.4, -0.2) is 26.9 Å². The van der Waals surface area contributed by atoms with Crippen LogP contribution in [0.1, 0.15) is 20.8 Å². The molecule has 102 valence electrons. The van der Waals surface area contributed by atoms with Gasteiger partial charge in [0.05, 0.1) is 0 Å². The number of aromatic nitrogens is 1. The number of carboxylic acids is 1. The number of hydrogen-bond donors (Lipinski definition) is 2. The Balaban J connectivity index is 2.23. The van der Waals surface area contributed by atoms with E-state index in [9.17, 15) is 9.59 Å². The molecule has 2 N–H and O–H groups in total. The van der Waals surface area contributed by atoms with Gasteiger partial charge in [-0.3, -0.25) is 9.78 Å². The first kappa shape index (κ1) is 14.0. The Morgan fingerprint density at radius 1 is 1.20 bits per heavy atom. The smallest absolute Gasteiger partial charge is 0.371 e. The van der Waals surface area contributed by atoms with Crippen LogP contribution < -0.4 is 0 Å². The van der Waals surface area contributed by atoms with Gasteiger partial charge in [0, 0.05) is 35.3 Å². The van der Waals surface area contributed by atoms with Gasteiger partial charge in [-0.1, -0.05) is 0 Å². The molecule has 0 spiro atoms. The van der Waals surface area contributed by atoms with Crippen molar-refractivity contribution in [3.05, 3.63) is 63.8 Å². The second-order valence-corrected chi connectivity index (χ2v) is 4.99. The third-order valence-electron chi connectivity index (χ3n) is 2.61. The zero-order valence-electron chi connectivity index (χ0n) is 10.3. The summed E-state index contributed by atoms with van der Waals surface area (Å²) in [4.78, 5) is 27.2. The number of carbonyl (C=O) groups excluding carboxylic acids is 1. The summed E-state index contributed by atoms with van der Waals surface area (Å²) in [5.41, 5.74) is 1.41. The van der Waals surface area contributed by atoms with Gasteiger partial charge in [-0.05, 0) is 29.1 Å². The zero-order chi connectivity index (χ0) is 14.5. The fourth-order valence-corrected chi connectivity index (χ4v) is 2.56. The van der Waals surface area contributed by atoms with Crippen LogP contribution in [-0.2, 0) is 11.2 Å². The molecule has 0 aliphatic heterocycles. The summed E-state index contributed by atoms with van der Waals surface area (Å²) < 4.78 is 0. The summed E-state index contributed by atoms with van der Waals surface area (Å²) in [6.45, 7) is 0. The van der Waals surface area contributed by atoms with Gasteiger partial charge in [0.15, 0.2) is 5.78 Å². The van der Waals surface area contributed by atoms with Crippen molar-refractivity contribution >= 4 is 23.1 Å². The van der Waals surface area contributed by atoms with Crippen LogP contribution in [0.15, 0.2) is 47.8 Å². The van der Waals surface area contributed by atoms with Gasteiger partial charge >= 0.3 is 5.97 Å². The second-order valence-electron chi connectivity index (χ2n) is 3.99. The third-order valence-corrected chi connectivity index (χ3v) is 3.53. The van der Waals surface area contributed by atoms with Crippen molar-refractivity contribution in [2.75, 3.05) is 0 Å². The number of rotatable bonds is 5. The fourth-order valence-electron chi connectivity index (χ4n) is 1.65. The largest absolute Gasteiger partial charge is 0.502 e. The van der Waals surface area contributed by atoms with Crippen molar-refractivity contribution in [3.63, 3.8) is 0 Å². The Morgan fingerprint density at radius 2 is 1.90 bits per heavy atom. The molecule has 6 heteroatoms. The Labute approximate surface area is 118 Å². The average Bonchev–Trinajstić information content (AvgIpc) is 2.88. The summed E-state index contributed by atoms with van der Waals surface area (Å²) in [5, 5.41) is 19.4. The van der Waals surface area contributed by atoms with Crippen molar-refractivity contribution in [1.29, 1.82) is 0 Å². The quantitative estimate of drug-likeness (QED) is 0.501. The molecule has 0 saturated carbocycles. The lowest BCUT2D eigenvalue weighted by atomic mass is 10.1. The summed E-state index contributed by atoms with van der Waals surface area (Å²) in [5.74, 6) is -3.00. The third kappa shape index (κ3) is 3.30. The SMILES string of the molecule is O=C(O)C(O)=CC(=O)c1ccsc1Cc1ccncc1. The minimum Gasteiger partial charge on any atom is -0.502 e. The van der Waals surface area contributed by atoms with E-state index in [1.54, 1.807) is 23.8 Å². The van der Waals surface area contributed by atoms with E-state index in [2.05, 4.69) is 4.98 Å². The van der Waals surface area contributed by atoms with E-state index in [0.717, 1.165) is 16.5 Å². The molecule has 0 saturated heterocycles. The molecular weight excluding hydrogens is 278 g/mol. The van der Waals surface area contributed by atoms with Gasteiger partial charge in [-0.15, -0.1) is 11.3 Å². The first-order chi connectivity index (χ1) is 9.58. The predicted octanol–water partition coefficient (Wildman–Crippen LogP) is 2.44. The van der Waals surface area contributed by atoms with Crippen LogP contribution in [0.4, 0.5) is 0 Å². The van der Waals surface area contributed by atoms with Crippen LogP contribution in [0.2, 0.25) is 0 Å². The maximum absolute atomic E-state index is 11.9. The van der Waals surface area contributed by atoms with E-state index in [0.29, 0.717) is 12.0 Å². The molecule has 2 heterocycles. The molecule has 0 atom stereocenters. The molecule has 0 aliphatic rings. The van der Waals surface area contributed by atoms with Crippen molar-refractivity contribution in [3.8, 4) is 0 Å². The number of hydrogen-bond acceptors (Lipinski definition) is 5. The molecule has 0 aromatic carbocycles. The zero-order valence-corrected chi connectivity index (χ0v) is 11.1. The highest BCUT2D eigenvalue weighted by molar-refractivity contribution is 7.10. The standard InChI is InChI=1S/C14H11NO4S/c16-11(8-12(17)14(18)19)10-3-6-20-13(10)7-9-1-4-15-5-2-9/h1-6,8,17H,7H2,(H,18,19). The maximum atomic E-state index is 11.9. The molecule has 0 bridgehead atoms. The van der Waals surface area contributed by atoms with Gasteiger partial charge in [0.2, 0.25) is 5.76 Å². The number of carbonyl (C=O) groups is 2. The molecule has 2 aromatic rings. The number of aliphatic hydroxyl groups is 1. The van der Waals surface area contributed by atoms with Crippen molar-refractivity contribution < 1.29 is 19.8 Å². The van der Waals surface area contributed by atoms with E-state index in [4.69, 9.17) is 10.2 Å². The number of carboxylic acid groups (broad SMARTS) is 1. The number of aliphatic carboxylic acids is 1. The Kier molecular flexibility index (Phi) is 4.27. The summed E-state index contributed by atoms with van der Waals surface area (Å²) in [7, 11) is 0. The van der Waals surface area contributed by atoms with E-state index in [1.165, 1.54) is 11.3 Å². The summed E-state index contributed by atoms with van der Waals surface area (Å²) >= 11 is 1.41. The summed E-state index contributed by atoms with van der Waals surface area (Å²) in [6, 6.07) is 5.31. The Hall–Kier alpha value is -2.47. The minimum absolute atomic E-state index is 0.402. The molecular formula is C14H11NO4S. The number of thiophene rings is 1. The van der Waals surface area contributed by atoms with Crippen molar-refractivity contribution in [2.45, 2.75) is 6.42 Å². The van der Waals surface area contributed by atoms with Crippen LogP contribution >= 0.6 is 11.3 Å². The van der Waals surface area contributed by atoms with E-state index in [1.807, 2.05) is 12.1 Å². The maximum Gasteiger partial charge on any atom is 0.371 e. The molecule has 0 amide bonds. The predicted molar refractivity (Wildman–Crippen MR) is 74.0 cm³/mol. The van der Waals surface area contributed by atoms with Gasteiger partial charge in [0.25, 0.3) is 0 Å². The molecule has 0 aliphatic carbocycles. The molecule has 0 radical (unpaired) electrons. The Bertz CT molecular complexity index is 661. The number of ketones is 1. The highest BCUT2D eigenvalue weighted by atomic mass is 32.1. The first-order valence-corrected chi connectivity index (χ1v) is 6.59. The van der Waals surface area contributed by atoms with Crippen molar-refractivity contribution in [1.82, 2.24) is 4.98 Å². The van der Waals surface area contributed by atoms with Gasteiger partial charge in [-0.25, -0.2) is 4.79 Å². The number of aliphatic hydroxyl groups excluding tert-OH is 1. The van der Waals surface area contributed by atoms with Crippen LogP contribution in [0.5, 0.6) is 0 Å². The highest BCUT2D eigenvalue weighted by Gasteiger charge is 2.14. The molecule has 20 heavy (non-hydrogen) atoms. The van der Waals surface area contributed by atoms with Gasteiger partial charge in [-0.2, -0.15) is 0 Å². The van der Waals surface area contributed by atoms with E-state index in [-0.39, 0.29) is 0 Å². The fraction of sp³-hybridized carbons (Fsp3) is 0.0714. The molecule has 0 unspecified atom stereocenters. The van der Waals surface area contributed by atoms with Crippen LogP contribution in [0, 0.1) is 0 Å². The lowest BCUT2D eigenvalue weighted by Crippen LogP contribution is -2.04. The molecule has 0 fully saturated rings. The average molecular weight is 289 g/mol.